The molecule has 2 heterocycles. The summed E-state index contributed by atoms with van der Waals surface area (Å²) in [6.45, 7) is 0. The Morgan fingerprint density at radius 1 is 1.15 bits per heavy atom. The maximum absolute atomic E-state index is 12.8. The summed E-state index contributed by atoms with van der Waals surface area (Å²) in [5.41, 5.74) is 0.785. The van der Waals surface area contributed by atoms with Crippen LogP contribution in [0.2, 0.25) is 0 Å². The Balaban J connectivity index is 1.95. The van der Waals surface area contributed by atoms with Gasteiger partial charge in [0.1, 0.15) is 22.5 Å². The molecular formula is C19H19N3O4S. The van der Waals surface area contributed by atoms with Crippen LogP contribution in [-0.4, -0.2) is 35.6 Å². The lowest BCUT2D eigenvalue weighted by molar-refractivity contribution is 0.0606. The van der Waals surface area contributed by atoms with E-state index in [0.717, 1.165) is 16.9 Å². The van der Waals surface area contributed by atoms with Gasteiger partial charge < -0.3 is 19.4 Å². The van der Waals surface area contributed by atoms with Gasteiger partial charge >= 0.3 is 5.97 Å². The standard InChI is InChI=1S/C19H19N3O4S/c1-22-11-10-20-17(22)16(12-6-4-5-7-13(12)25-2)21-18(23)14-8-9-15(27-14)19(24)26-3/h4-11,16H,1-3H3,(H,21,23). The third kappa shape index (κ3) is 3.85. The molecule has 8 heteroatoms. The number of aryl methyl sites for hydroxylation is 1. The number of aromatic nitrogens is 2. The first kappa shape index (κ1) is 18.7. The minimum atomic E-state index is -0.516. The number of amides is 1. The van der Waals surface area contributed by atoms with Crippen molar-refractivity contribution in [1.29, 1.82) is 0 Å². The predicted molar refractivity (Wildman–Crippen MR) is 101 cm³/mol. The SMILES string of the molecule is COC(=O)c1ccc(C(=O)NC(c2ccccc2OC)c2nccn2C)s1. The third-order valence-electron chi connectivity index (χ3n) is 4.06. The van der Waals surface area contributed by atoms with Crippen molar-refractivity contribution < 1.29 is 19.1 Å². The van der Waals surface area contributed by atoms with Gasteiger partial charge in [0.05, 0.1) is 19.1 Å². The van der Waals surface area contributed by atoms with Crippen molar-refractivity contribution in [2.75, 3.05) is 14.2 Å². The number of esters is 1. The number of hydrogen-bond donors (Lipinski definition) is 1. The first-order valence-corrected chi connectivity index (χ1v) is 8.96. The van der Waals surface area contributed by atoms with Gasteiger partial charge in [0.2, 0.25) is 0 Å². The molecule has 0 spiro atoms. The molecule has 7 nitrogen and oxygen atoms in total. The van der Waals surface area contributed by atoms with Crippen molar-refractivity contribution in [2.24, 2.45) is 7.05 Å². The molecule has 0 fully saturated rings. The van der Waals surface area contributed by atoms with E-state index in [1.165, 1.54) is 7.11 Å². The minimum absolute atomic E-state index is 0.311. The van der Waals surface area contributed by atoms with Crippen molar-refractivity contribution in [3.8, 4) is 5.75 Å². The van der Waals surface area contributed by atoms with Crippen molar-refractivity contribution >= 4 is 23.2 Å². The molecule has 0 radical (unpaired) electrons. The number of carbonyl (C=O) groups excluding carboxylic acids is 2. The van der Waals surface area contributed by atoms with Crippen LogP contribution in [0.3, 0.4) is 0 Å². The number of carbonyl (C=O) groups is 2. The molecule has 140 valence electrons. The van der Waals surface area contributed by atoms with Crippen LogP contribution in [0, 0.1) is 0 Å². The Morgan fingerprint density at radius 3 is 2.56 bits per heavy atom. The molecule has 1 N–H and O–H groups in total. The largest absolute Gasteiger partial charge is 0.496 e. The van der Waals surface area contributed by atoms with E-state index in [-0.39, 0.29) is 5.91 Å². The summed E-state index contributed by atoms with van der Waals surface area (Å²) >= 11 is 1.08. The van der Waals surface area contributed by atoms with Crippen molar-refractivity contribution in [2.45, 2.75) is 6.04 Å². The molecular weight excluding hydrogens is 366 g/mol. The molecule has 1 atom stereocenters. The van der Waals surface area contributed by atoms with Gasteiger partial charge in [-0.2, -0.15) is 0 Å². The van der Waals surface area contributed by atoms with E-state index in [0.29, 0.717) is 21.3 Å². The normalized spacial score (nSPS) is 11.7. The smallest absolute Gasteiger partial charge is 0.348 e. The maximum atomic E-state index is 12.8. The second-order valence-corrected chi connectivity index (χ2v) is 6.78. The molecule has 0 saturated carbocycles. The van der Waals surface area contributed by atoms with E-state index in [2.05, 4.69) is 10.3 Å². The Hall–Kier alpha value is -3.13. The molecule has 0 saturated heterocycles. The summed E-state index contributed by atoms with van der Waals surface area (Å²) in [7, 11) is 4.75. The van der Waals surface area contributed by atoms with Gasteiger partial charge in [0.25, 0.3) is 5.91 Å². The minimum Gasteiger partial charge on any atom is -0.496 e. The average Bonchev–Trinajstić information content (AvgIpc) is 3.35. The van der Waals surface area contributed by atoms with Crippen LogP contribution in [0.1, 0.15) is 36.8 Å². The Kier molecular flexibility index (Phi) is 5.56. The molecule has 1 amide bonds. The lowest BCUT2D eigenvalue weighted by atomic mass is 10.0. The Bertz CT molecular complexity index is 963. The molecule has 0 aliphatic heterocycles. The molecule has 1 aromatic carbocycles. The second-order valence-electron chi connectivity index (χ2n) is 5.70. The Morgan fingerprint density at radius 2 is 1.89 bits per heavy atom. The number of methoxy groups -OCH3 is 2. The van der Waals surface area contributed by atoms with Crippen molar-refractivity contribution in [3.63, 3.8) is 0 Å². The van der Waals surface area contributed by atoms with Gasteiger partial charge in [0.15, 0.2) is 0 Å². The lowest BCUT2D eigenvalue weighted by Gasteiger charge is -2.21. The lowest BCUT2D eigenvalue weighted by Crippen LogP contribution is -2.30. The van der Waals surface area contributed by atoms with Crippen LogP contribution in [0.4, 0.5) is 0 Å². The summed E-state index contributed by atoms with van der Waals surface area (Å²) in [5.74, 6) is 0.531. The molecule has 27 heavy (non-hydrogen) atoms. The maximum Gasteiger partial charge on any atom is 0.348 e. The fourth-order valence-electron chi connectivity index (χ4n) is 2.71. The number of nitrogens with one attached hydrogen (secondary N) is 1. The van der Waals surface area contributed by atoms with E-state index < -0.39 is 12.0 Å². The van der Waals surface area contributed by atoms with Crippen LogP contribution in [0.5, 0.6) is 5.75 Å². The highest BCUT2D eigenvalue weighted by Gasteiger charge is 2.25. The van der Waals surface area contributed by atoms with Gasteiger partial charge in [-0.15, -0.1) is 11.3 Å². The molecule has 0 aliphatic carbocycles. The fourth-order valence-corrected chi connectivity index (χ4v) is 3.54. The number of hydrogen-bond acceptors (Lipinski definition) is 6. The number of thiophene rings is 1. The van der Waals surface area contributed by atoms with Crippen LogP contribution >= 0.6 is 11.3 Å². The number of ether oxygens (including phenoxy) is 2. The zero-order valence-electron chi connectivity index (χ0n) is 15.1. The highest BCUT2D eigenvalue weighted by molar-refractivity contribution is 7.15. The van der Waals surface area contributed by atoms with E-state index in [4.69, 9.17) is 9.47 Å². The van der Waals surface area contributed by atoms with E-state index in [9.17, 15) is 9.59 Å². The summed E-state index contributed by atoms with van der Waals surface area (Å²) < 4.78 is 12.0. The summed E-state index contributed by atoms with van der Waals surface area (Å²) in [6, 6.07) is 10.1. The Labute approximate surface area is 160 Å². The van der Waals surface area contributed by atoms with Gasteiger partial charge in [-0.05, 0) is 18.2 Å². The summed E-state index contributed by atoms with van der Waals surface area (Å²) in [4.78, 5) is 29.6. The van der Waals surface area contributed by atoms with E-state index in [1.54, 1.807) is 25.4 Å². The second kappa shape index (κ2) is 8.05. The highest BCUT2D eigenvalue weighted by atomic mass is 32.1. The first-order valence-electron chi connectivity index (χ1n) is 8.14. The van der Waals surface area contributed by atoms with Crippen LogP contribution in [-0.2, 0) is 11.8 Å². The number of rotatable bonds is 6. The fraction of sp³-hybridized carbons (Fsp3) is 0.211. The van der Waals surface area contributed by atoms with Crippen LogP contribution in [0.15, 0.2) is 48.8 Å². The molecule has 3 aromatic rings. The molecule has 0 aliphatic rings. The van der Waals surface area contributed by atoms with Crippen molar-refractivity contribution in [1.82, 2.24) is 14.9 Å². The van der Waals surface area contributed by atoms with Crippen LogP contribution in [0.25, 0.3) is 0 Å². The molecule has 2 aromatic heterocycles. The number of para-hydroxylation sites is 1. The van der Waals surface area contributed by atoms with Gasteiger partial charge in [-0.1, -0.05) is 18.2 Å². The summed E-state index contributed by atoms with van der Waals surface area (Å²) in [5, 5.41) is 2.99. The molecule has 1 unspecified atom stereocenters. The van der Waals surface area contributed by atoms with E-state index in [1.807, 2.05) is 42.1 Å². The monoisotopic (exact) mass is 385 g/mol. The number of benzene rings is 1. The average molecular weight is 385 g/mol. The number of imidazole rings is 1. The quantitative estimate of drug-likeness (QED) is 0.660. The zero-order valence-corrected chi connectivity index (χ0v) is 15.9. The zero-order chi connectivity index (χ0) is 19.4. The third-order valence-corrected chi connectivity index (χ3v) is 5.12. The predicted octanol–water partition coefficient (Wildman–Crippen LogP) is 2.80. The van der Waals surface area contributed by atoms with Gasteiger partial charge in [0, 0.05) is 25.0 Å². The highest BCUT2D eigenvalue weighted by Crippen LogP contribution is 2.29. The topological polar surface area (TPSA) is 82.5 Å². The number of nitrogens with zero attached hydrogens (tertiary/aromatic N) is 2. The van der Waals surface area contributed by atoms with Gasteiger partial charge in [-0.25, -0.2) is 9.78 Å². The van der Waals surface area contributed by atoms with Gasteiger partial charge in [-0.3, -0.25) is 4.79 Å². The van der Waals surface area contributed by atoms with Crippen molar-refractivity contribution in [3.05, 3.63) is 69.9 Å². The molecule has 0 bridgehead atoms. The summed E-state index contributed by atoms with van der Waals surface area (Å²) in [6.07, 6.45) is 3.48. The van der Waals surface area contributed by atoms with E-state index >= 15 is 0 Å². The molecule has 3 rings (SSSR count). The first-order chi connectivity index (χ1) is 13.0. The van der Waals surface area contributed by atoms with Crippen LogP contribution < -0.4 is 10.1 Å².